The van der Waals surface area contributed by atoms with Crippen molar-refractivity contribution in [3.8, 4) is 0 Å². The molecular weight excluding hydrogens is 416 g/mol. The van der Waals surface area contributed by atoms with Crippen molar-refractivity contribution in [1.29, 1.82) is 0 Å². The number of nitrogens with zero attached hydrogens (tertiary/aromatic N) is 1. The van der Waals surface area contributed by atoms with E-state index in [0.29, 0.717) is 26.3 Å². The number of carbonyl (C=O) groups is 1. The highest BCUT2D eigenvalue weighted by Crippen LogP contribution is 2.33. The molecule has 0 saturated carbocycles. The van der Waals surface area contributed by atoms with Gasteiger partial charge in [0.2, 0.25) is 5.91 Å². The third-order valence-electron chi connectivity index (χ3n) is 5.44. The van der Waals surface area contributed by atoms with Gasteiger partial charge in [-0.2, -0.15) is 0 Å². The number of benzene rings is 2. The summed E-state index contributed by atoms with van der Waals surface area (Å²) in [7, 11) is 0. The molecule has 0 aromatic heterocycles. The quantitative estimate of drug-likeness (QED) is 0.684. The largest absolute Gasteiger partial charge is 0.381 e. The minimum atomic E-state index is -0.229. The van der Waals surface area contributed by atoms with E-state index in [0.717, 1.165) is 22.9 Å². The molecule has 1 aliphatic rings. The first-order valence-electron chi connectivity index (χ1n) is 9.92. The maximum atomic E-state index is 13.1. The van der Waals surface area contributed by atoms with E-state index in [1.165, 1.54) is 5.56 Å². The molecule has 2 aromatic rings. The van der Waals surface area contributed by atoms with Crippen LogP contribution in [0.5, 0.6) is 0 Å². The van der Waals surface area contributed by atoms with E-state index in [4.69, 9.17) is 4.74 Å². The maximum absolute atomic E-state index is 13.1. The highest BCUT2D eigenvalue weighted by molar-refractivity contribution is 9.10. The van der Waals surface area contributed by atoms with Gasteiger partial charge in [-0.25, -0.2) is 0 Å². The molecule has 0 aliphatic carbocycles. The number of hydrogen-bond acceptors (Lipinski definition) is 3. The van der Waals surface area contributed by atoms with E-state index in [9.17, 15) is 4.79 Å². The lowest BCUT2D eigenvalue weighted by molar-refractivity contribution is -0.133. The molecule has 5 heteroatoms. The minimum Gasteiger partial charge on any atom is -0.381 e. The average Bonchev–Trinajstić information content (AvgIpc) is 2.71. The van der Waals surface area contributed by atoms with Gasteiger partial charge in [0.05, 0.1) is 6.54 Å². The maximum Gasteiger partial charge on any atom is 0.237 e. The van der Waals surface area contributed by atoms with Gasteiger partial charge in [0.25, 0.3) is 0 Å². The van der Waals surface area contributed by atoms with Crippen LogP contribution in [0.15, 0.2) is 59.1 Å². The number of rotatable bonds is 7. The summed E-state index contributed by atoms with van der Waals surface area (Å²) in [5.41, 5.74) is 2.13. The second-order valence-corrected chi connectivity index (χ2v) is 8.58. The smallest absolute Gasteiger partial charge is 0.237 e. The highest BCUT2D eigenvalue weighted by Gasteiger charge is 2.35. The lowest BCUT2D eigenvalue weighted by Gasteiger charge is -2.39. The molecule has 1 N–H and O–H groups in total. The van der Waals surface area contributed by atoms with Gasteiger partial charge in [-0.05, 0) is 49.9 Å². The van der Waals surface area contributed by atoms with Crippen LogP contribution in [0.1, 0.15) is 37.8 Å². The van der Waals surface area contributed by atoms with Gasteiger partial charge < -0.3 is 9.64 Å². The van der Waals surface area contributed by atoms with E-state index >= 15 is 0 Å². The number of amides is 1. The third kappa shape index (κ3) is 5.22. The number of nitrogens with one attached hydrogen (secondary N) is 1. The monoisotopic (exact) mass is 444 g/mol. The molecule has 150 valence electrons. The lowest BCUT2D eigenvalue weighted by atomic mass is 9.82. The van der Waals surface area contributed by atoms with E-state index in [2.05, 4.69) is 65.4 Å². The van der Waals surface area contributed by atoms with E-state index in [1.807, 2.05) is 29.2 Å². The Morgan fingerprint density at radius 2 is 1.86 bits per heavy atom. The summed E-state index contributed by atoms with van der Waals surface area (Å²) in [5.74, 6) is 0.125. The molecular formula is C23H29BrN2O2. The van der Waals surface area contributed by atoms with E-state index in [1.54, 1.807) is 0 Å². The SMILES string of the molecule is CC(C)N(Cc1ccccc1)C(=O)CNC1(c2cccc(Br)c2)CCOCC1. The topological polar surface area (TPSA) is 41.6 Å². The van der Waals surface area contributed by atoms with Crippen molar-refractivity contribution in [1.82, 2.24) is 10.2 Å². The van der Waals surface area contributed by atoms with Crippen LogP contribution in [-0.2, 0) is 21.6 Å². The molecule has 2 aromatic carbocycles. The van der Waals surface area contributed by atoms with Crippen LogP contribution >= 0.6 is 15.9 Å². The number of ether oxygens (including phenoxy) is 1. The van der Waals surface area contributed by atoms with Crippen LogP contribution in [0.3, 0.4) is 0 Å². The Labute approximate surface area is 176 Å². The Bertz CT molecular complexity index is 773. The molecule has 0 atom stereocenters. The Kier molecular flexibility index (Phi) is 7.27. The van der Waals surface area contributed by atoms with Gasteiger partial charge in [0.15, 0.2) is 0 Å². The second kappa shape index (κ2) is 9.68. The summed E-state index contributed by atoms with van der Waals surface area (Å²) < 4.78 is 6.65. The van der Waals surface area contributed by atoms with Crippen molar-refractivity contribution in [2.24, 2.45) is 0 Å². The van der Waals surface area contributed by atoms with Gasteiger partial charge in [-0.3, -0.25) is 10.1 Å². The van der Waals surface area contributed by atoms with Gasteiger partial charge in [0.1, 0.15) is 0 Å². The molecule has 0 bridgehead atoms. The van der Waals surface area contributed by atoms with Crippen molar-refractivity contribution < 1.29 is 9.53 Å². The Hall–Kier alpha value is -1.69. The van der Waals surface area contributed by atoms with Crippen LogP contribution in [0, 0.1) is 0 Å². The highest BCUT2D eigenvalue weighted by atomic mass is 79.9. The Morgan fingerprint density at radius 3 is 2.50 bits per heavy atom. The molecule has 28 heavy (non-hydrogen) atoms. The fraction of sp³-hybridized carbons (Fsp3) is 0.435. The van der Waals surface area contributed by atoms with E-state index < -0.39 is 0 Å². The summed E-state index contributed by atoms with van der Waals surface area (Å²) in [6.07, 6.45) is 1.72. The van der Waals surface area contributed by atoms with Gasteiger partial charge in [-0.1, -0.05) is 58.4 Å². The molecule has 4 nitrogen and oxygen atoms in total. The average molecular weight is 445 g/mol. The van der Waals surface area contributed by atoms with E-state index in [-0.39, 0.29) is 17.5 Å². The van der Waals surface area contributed by atoms with Crippen LogP contribution in [-0.4, -0.2) is 36.6 Å². The second-order valence-electron chi connectivity index (χ2n) is 7.66. The summed E-state index contributed by atoms with van der Waals surface area (Å²) >= 11 is 3.58. The number of carbonyl (C=O) groups excluding carboxylic acids is 1. The molecule has 1 aliphatic heterocycles. The first kappa shape index (κ1) is 21.0. The first-order valence-corrected chi connectivity index (χ1v) is 10.7. The van der Waals surface area contributed by atoms with Crippen molar-refractivity contribution in [3.63, 3.8) is 0 Å². The molecule has 0 spiro atoms. The summed E-state index contributed by atoms with van der Waals surface area (Å²) in [4.78, 5) is 15.0. The van der Waals surface area contributed by atoms with Gasteiger partial charge in [0, 0.05) is 35.8 Å². The molecule has 1 heterocycles. The third-order valence-corrected chi connectivity index (χ3v) is 5.93. The van der Waals surface area contributed by atoms with Crippen molar-refractivity contribution in [2.45, 2.75) is 44.8 Å². The normalized spacial score (nSPS) is 16.1. The standard InChI is InChI=1S/C23H29BrN2O2/c1-18(2)26(17-19-7-4-3-5-8-19)22(27)16-25-23(11-13-28-14-12-23)20-9-6-10-21(24)15-20/h3-10,15,18,25H,11-14,16-17H2,1-2H3. The Morgan fingerprint density at radius 1 is 1.14 bits per heavy atom. The van der Waals surface area contributed by atoms with Crippen molar-refractivity contribution >= 4 is 21.8 Å². The van der Waals surface area contributed by atoms with Gasteiger partial charge >= 0.3 is 0 Å². The lowest BCUT2D eigenvalue weighted by Crippen LogP contribution is -2.51. The summed E-state index contributed by atoms with van der Waals surface area (Å²) in [6, 6.07) is 18.7. The molecule has 1 saturated heterocycles. The molecule has 3 rings (SSSR count). The Balaban J connectivity index is 1.73. The molecule has 0 unspecified atom stereocenters. The van der Waals surface area contributed by atoms with Crippen molar-refractivity contribution in [2.75, 3.05) is 19.8 Å². The van der Waals surface area contributed by atoms with Crippen LogP contribution in [0.2, 0.25) is 0 Å². The molecule has 1 amide bonds. The predicted molar refractivity (Wildman–Crippen MR) is 116 cm³/mol. The van der Waals surface area contributed by atoms with Gasteiger partial charge in [-0.15, -0.1) is 0 Å². The first-order chi connectivity index (χ1) is 13.5. The number of halogens is 1. The summed E-state index contributed by atoms with van der Waals surface area (Å²) in [5, 5.41) is 3.61. The number of hydrogen-bond donors (Lipinski definition) is 1. The molecule has 1 fully saturated rings. The fourth-order valence-corrected chi connectivity index (χ4v) is 4.16. The summed E-state index contributed by atoms with van der Waals surface area (Å²) in [6.45, 7) is 6.49. The molecule has 0 radical (unpaired) electrons. The predicted octanol–water partition coefficient (Wildman–Crippen LogP) is 4.48. The zero-order valence-corrected chi connectivity index (χ0v) is 18.2. The minimum absolute atomic E-state index is 0.125. The zero-order valence-electron chi connectivity index (χ0n) is 16.7. The fourth-order valence-electron chi connectivity index (χ4n) is 3.76. The van der Waals surface area contributed by atoms with Crippen molar-refractivity contribution in [3.05, 3.63) is 70.2 Å². The zero-order chi connectivity index (χ0) is 20.0. The van der Waals surface area contributed by atoms with Crippen LogP contribution in [0.25, 0.3) is 0 Å². The van der Waals surface area contributed by atoms with Crippen LogP contribution < -0.4 is 5.32 Å². The van der Waals surface area contributed by atoms with Crippen LogP contribution in [0.4, 0.5) is 0 Å².